The second-order valence-electron chi connectivity index (χ2n) is 10.1. The van der Waals surface area contributed by atoms with Crippen molar-refractivity contribution in [3.63, 3.8) is 0 Å². The molecule has 4 aromatic carbocycles. The molecule has 4 heterocycles. The van der Waals surface area contributed by atoms with Gasteiger partial charge in [-0.05, 0) is 47.2 Å². The maximum Gasteiger partial charge on any atom is 0.164 e. The molecule has 202 valence electrons. The van der Waals surface area contributed by atoms with Crippen LogP contribution in [0.5, 0.6) is 0 Å². The quantitative estimate of drug-likeness (QED) is 0.216. The molecular formula is C36H23N7. The maximum atomic E-state index is 5.17. The second-order valence-corrected chi connectivity index (χ2v) is 10.1. The Balaban J connectivity index is 1.34. The van der Waals surface area contributed by atoms with Crippen molar-refractivity contribution < 1.29 is 0 Å². The summed E-state index contributed by atoms with van der Waals surface area (Å²) in [6, 6.07) is 38.7. The highest BCUT2D eigenvalue weighted by Crippen LogP contribution is 2.36. The van der Waals surface area contributed by atoms with Crippen molar-refractivity contribution in [1.82, 2.24) is 34.7 Å². The van der Waals surface area contributed by atoms with Crippen molar-refractivity contribution in [1.29, 1.82) is 0 Å². The largest absolute Gasteiger partial charge is 0.265 e. The van der Waals surface area contributed by atoms with Crippen LogP contribution in [0.2, 0.25) is 0 Å². The molecule has 7 nitrogen and oxygen atoms in total. The molecule has 43 heavy (non-hydrogen) atoms. The van der Waals surface area contributed by atoms with Gasteiger partial charge in [0, 0.05) is 52.4 Å². The highest BCUT2D eigenvalue weighted by molar-refractivity contribution is 6.13. The Bertz CT molecular complexity index is 2170. The molecule has 0 unspecified atom stereocenters. The first-order valence-electron chi connectivity index (χ1n) is 14.0. The third-order valence-electron chi connectivity index (χ3n) is 7.48. The average Bonchev–Trinajstić information content (AvgIpc) is 3.50. The zero-order chi connectivity index (χ0) is 28.6. The van der Waals surface area contributed by atoms with E-state index in [0.29, 0.717) is 17.5 Å². The van der Waals surface area contributed by atoms with Gasteiger partial charge in [-0.3, -0.25) is 9.97 Å². The Morgan fingerprint density at radius 1 is 0.465 bits per heavy atom. The van der Waals surface area contributed by atoms with E-state index in [9.17, 15) is 0 Å². The molecule has 0 saturated carbocycles. The monoisotopic (exact) mass is 553 g/mol. The van der Waals surface area contributed by atoms with Crippen molar-refractivity contribution in [2.24, 2.45) is 0 Å². The predicted molar refractivity (Wildman–Crippen MR) is 169 cm³/mol. The van der Waals surface area contributed by atoms with E-state index in [4.69, 9.17) is 20.1 Å². The summed E-state index contributed by atoms with van der Waals surface area (Å²) in [5.74, 6) is 1.79. The molecule has 0 atom stereocenters. The SMILES string of the molecule is c1ccc(-c2nc(-c3ccncc3)nc(-c3cccc(-c4nn(-c5ccncc5)c5ccc6ccccc6c45)c3)n2)cc1. The minimum Gasteiger partial charge on any atom is -0.265 e. The summed E-state index contributed by atoms with van der Waals surface area (Å²) < 4.78 is 1.99. The minimum absolute atomic E-state index is 0.588. The van der Waals surface area contributed by atoms with Gasteiger partial charge in [0.05, 0.1) is 11.2 Å². The van der Waals surface area contributed by atoms with Crippen LogP contribution in [-0.4, -0.2) is 34.7 Å². The number of aromatic nitrogens is 7. The normalized spacial score (nSPS) is 11.3. The Morgan fingerprint density at radius 2 is 1.07 bits per heavy atom. The summed E-state index contributed by atoms with van der Waals surface area (Å²) in [7, 11) is 0. The molecule has 0 radical (unpaired) electrons. The van der Waals surface area contributed by atoms with Crippen molar-refractivity contribution in [2.45, 2.75) is 0 Å². The molecule has 0 aliphatic rings. The first-order chi connectivity index (χ1) is 21.3. The van der Waals surface area contributed by atoms with Crippen LogP contribution in [-0.2, 0) is 0 Å². The topological polar surface area (TPSA) is 82.3 Å². The van der Waals surface area contributed by atoms with Crippen LogP contribution in [0.25, 0.3) is 72.8 Å². The Labute approximate surface area is 247 Å². The van der Waals surface area contributed by atoms with Crippen molar-refractivity contribution in [3.8, 4) is 51.1 Å². The number of benzene rings is 4. The molecule has 0 saturated heterocycles. The highest BCUT2D eigenvalue weighted by Gasteiger charge is 2.18. The van der Waals surface area contributed by atoms with E-state index in [1.165, 1.54) is 0 Å². The lowest BCUT2D eigenvalue weighted by Gasteiger charge is -2.09. The lowest BCUT2D eigenvalue weighted by Crippen LogP contribution is -2.00. The van der Waals surface area contributed by atoms with Gasteiger partial charge >= 0.3 is 0 Å². The Kier molecular flexibility index (Phi) is 5.97. The first-order valence-corrected chi connectivity index (χ1v) is 14.0. The van der Waals surface area contributed by atoms with E-state index in [0.717, 1.165) is 55.3 Å². The fourth-order valence-corrected chi connectivity index (χ4v) is 5.43. The molecule has 0 aliphatic heterocycles. The third-order valence-corrected chi connectivity index (χ3v) is 7.48. The van der Waals surface area contributed by atoms with Crippen LogP contribution in [0.3, 0.4) is 0 Å². The molecule has 0 N–H and O–H groups in total. The van der Waals surface area contributed by atoms with Gasteiger partial charge in [0.25, 0.3) is 0 Å². The summed E-state index contributed by atoms with van der Waals surface area (Å²) in [6.07, 6.45) is 7.07. The summed E-state index contributed by atoms with van der Waals surface area (Å²) in [4.78, 5) is 23.0. The van der Waals surface area contributed by atoms with Crippen molar-refractivity contribution >= 4 is 21.7 Å². The molecule has 8 rings (SSSR count). The summed E-state index contributed by atoms with van der Waals surface area (Å²) in [5.41, 5.74) is 6.50. The smallest absolute Gasteiger partial charge is 0.164 e. The number of pyridine rings is 2. The van der Waals surface area contributed by atoms with E-state index < -0.39 is 0 Å². The first kappa shape index (κ1) is 24.7. The van der Waals surface area contributed by atoms with Gasteiger partial charge < -0.3 is 0 Å². The molecule has 0 fully saturated rings. The molecule has 8 aromatic rings. The third kappa shape index (κ3) is 4.49. The number of nitrogens with zero attached hydrogens (tertiary/aromatic N) is 7. The lowest BCUT2D eigenvalue weighted by atomic mass is 10.00. The number of fused-ring (bicyclic) bond motifs is 3. The highest BCUT2D eigenvalue weighted by atomic mass is 15.3. The molecular weight excluding hydrogens is 530 g/mol. The van der Waals surface area contributed by atoms with Crippen LogP contribution in [0, 0.1) is 0 Å². The van der Waals surface area contributed by atoms with Crippen LogP contribution < -0.4 is 0 Å². The summed E-state index contributed by atoms with van der Waals surface area (Å²) in [5, 5.41) is 8.57. The second kappa shape index (κ2) is 10.4. The van der Waals surface area contributed by atoms with Crippen molar-refractivity contribution in [2.75, 3.05) is 0 Å². The molecule has 0 bridgehead atoms. The fourth-order valence-electron chi connectivity index (χ4n) is 5.43. The molecule has 0 amide bonds. The predicted octanol–water partition coefficient (Wildman–Crippen LogP) is 7.82. The molecule has 7 heteroatoms. The van der Waals surface area contributed by atoms with E-state index in [1.54, 1.807) is 24.8 Å². The van der Waals surface area contributed by atoms with Gasteiger partial charge in [-0.15, -0.1) is 0 Å². The van der Waals surface area contributed by atoms with E-state index in [-0.39, 0.29) is 0 Å². The maximum absolute atomic E-state index is 5.17. The van der Waals surface area contributed by atoms with Gasteiger partial charge in [0.1, 0.15) is 5.69 Å². The minimum atomic E-state index is 0.588. The van der Waals surface area contributed by atoms with Gasteiger partial charge in [0.2, 0.25) is 0 Å². The number of rotatable bonds is 5. The number of hydrogen-bond donors (Lipinski definition) is 0. The van der Waals surface area contributed by atoms with E-state index in [1.807, 2.05) is 71.4 Å². The van der Waals surface area contributed by atoms with Crippen LogP contribution in [0.4, 0.5) is 0 Å². The zero-order valence-corrected chi connectivity index (χ0v) is 22.9. The Morgan fingerprint density at radius 3 is 1.84 bits per heavy atom. The zero-order valence-electron chi connectivity index (χ0n) is 22.9. The van der Waals surface area contributed by atoms with Crippen molar-refractivity contribution in [3.05, 3.63) is 140 Å². The van der Waals surface area contributed by atoms with Crippen LogP contribution >= 0.6 is 0 Å². The van der Waals surface area contributed by atoms with Gasteiger partial charge in [0.15, 0.2) is 17.5 Å². The molecule has 0 spiro atoms. The van der Waals surface area contributed by atoms with Gasteiger partial charge in [-0.25, -0.2) is 19.6 Å². The standard InChI is InChI=1S/C36H23N7/c1-2-8-25(9-3-1)34-39-35(26-15-19-37-20-16-26)41-36(40-34)28-11-6-10-27(23-28)33-32-30-12-5-4-7-24(30)13-14-31(32)43(42-33)29-17-21-38-22-18-29/h1-23H. The Hall–Kier alpha value is -6.08. The average molecular weight is 554 g/mol. The van der Waals surface area contributed by atoms with Crippen LogP contribution in [0.15, 0.2) is 140 Å². The lowest BCUT2D eigenvalue weighted by molar-refractivity contribution is 0.911. The van der Waals surface area contributed by atoms with E-state index in [2.05, 4.69) is 58.5 Å². The van der Waals surface area contributed by atoms with Crippen LogP contribution in [0.1, 0.15) is 0 Å². The molecule has 4 aromatic heterocycles. The number of hydrogen-bond acceptors (Lipinski definition) is 6. The summed E-state index contributed by atoms with van der Waals surface area (Å²) >= 11 is 0. The van der Waals surface area contributed by atoms with Gasteiger partial charge in [-0.1, -0.05) is 78.9 Å². The molecule has 0 aliphatic carbocycles. The van der Waals surface area contributed by atoms with Gasteiger partial charge in [-0.2, -0.15) is 5.10 Å². The van der Waals surface area contributed by atoms with E-state index >= 15 is 0 Å². The summed E-state index contributed by atoms with van der Waals surface area (Å²) in [6.45, 7) is 0. The fraction of sp³-hybridized carbons (Fsp3) is 0.